The Balaban J connectivity index is 2.30. The molecule has 0 aromatic carbocycles. The highest BCUT2D eigenvalue weighted by Gasteiger charge is 2.33. The monoisotopic (exact) mass is 250 g/mol. The molecule has 1 aliphatic heterocycles. The van der Waals surface area contributed by atoms with Gasteiger partial charge in [0.15, 0.2) is 0 Å². The van der Waals surface area contributed by atoms with Crippen LogP contribution < -0.4 is 5.32 Å². The Morgan fingerprint density at radius 3 is 2.83 bits per heavy atom. The molecule has 2 atom stereocenters. The lowest BCUT2D eigenvalue weighted by molar-refractivity contribution is 0.0977. The summed E-state index contributed by atoms with van der Waals surface area (Å²) < 4.78 is 1.95. The van der Waals surface area contributed by atoms with E-state index in [1.54, 1.807) is 0 Å². The maximum atomic E-state index is 4.52. The van der Waals surface area contributed by atoms with E-state index in [2.05, 4.69) is 42.4 Å². The molecule has 2 unspecified atom stereocenters. The average molecular weight is 250 g/mol. The Labute approximate surface area is 110 Å². The second-order valence-electron chi connectivity index (χ2n) is 5.38. The molecule has 1 N–H and O–H groups in total. The zero-order valence-electron chi connectivity index (χ0n) is 12.1. The molecule has 0 saturated carbocycles. The van der Waals surface area contributed by atoms with Crippen molar-refractivity contribution >= 4 is 0 Å². The Hall–Kier alpha value is -0.870. The molecule has 1 aromatic rings. The summed E-state index contributed by atoms with van der Waals surface area (Å²) in [6.07, 6.45) is 4.84. The number of nitrogens with zero attached hydrogens (tertiary/aromatic N) is 3. The van der Waals surface area contributed by atoms with Crippen molar-refractivity contribution in [1.29, 1.82) is 0 Å². The second kappa shape index (κ2) is 5.85. The minimum Gasteiger partial charge on any atom is -0.319 e. The van der Waals surface area contributed by atoms with E-state index < -0.39 is 0 Å². The third kappa shape index (κ3) is 2.59. The number of piperidine rings is 1. The molecule has 0 bridgehead atoms. The summed E-state index contributed by atoms with van der Waals surface area (Å²) in [5.41, 5.74) is 2.60. The molecule has 1 fully saturated rings. The van der Waals surface area contributed by atoms with Crippen LogP contribution in [0.25, 0.3) is 0 Å². The maximum Gasteiger partial charge on any atom is 0.0641 e. The molecular weight excluding hydrogens is 224 g/mol. The fourth-order valence-corrected chi connectivity index (χ4v) is 3.34. The molecule has 0 aliphatic carbocycles. The first-order valence-electron chi connectivity index (χ1n) is 7.06. The highest BCUT2D eigenvalue weighted by Crippen LogP contribution is 2.36. The van der Waals surface area contributed by atoms with Crippen molar-refractivity contribution in [3.63, 3.8) is 0 Å². The molecule has 4 heteroatoms. The van der Waals surface area contributed by atoms with Crippen molar-refractivity contribution in [3.8, 4) is 0 Å². The van der Waals surface area contributed by atoms with Gasteiger partial charge >= 0.3 is 0 Å². The van der Waals surface area contributed by atoms with E-state index in [9.17, 15) is 0 Å². The van der Waals surface area contributed by atoms with Gasteiger partial charge in [-0.25, -0.2) is 0 Å². The molecule has 102 valence electrons. The fourth-order valence-electron chi connectivity index (χ4n) is 3.34. The van der Waals surface area contributed by atoms with E-state index in [0.717, 1.165) is 13.1 Å². The highest BCUT2D eigenvalue weighted by atomic mass is 15.3. The van der Waals surface area contributed by atoms with Gasteiger partial charge in [0.25, 0.3) is 0 Å². The second-order valence-corrected chi connectivity index (χ2v) is 5.38. The Morgan fingerprint density at radius 1 is 1.50 bits per heavy atom. The molecule has 2 heterocycles. The Kier molecular flexibility index (Phi) is 4.40. The molecule has 18 heavy (non-hydrogen) atoms. The number of likely N-dealkylation sites (tertiary alicyclic amines) is 1. The number of rotatable bonds is 4. The van der Waals surface area contributed by atoms with Crippen LogP contribution in [0.2, 0.25) is 0 Å². The van der Waals surface area contributed by atoms with Crippen LogP contribution in [0.15, 0.2) is 6.20 Å². The zero-order chi connectivity index (χ0) is 13.1. The van der Waals surface area contributed by atoms with Crippen LogP contribution in [-0.2, 0) is 7.05 Å². The summed E-state index contributed by atoms with van der Waals surface area (Å²) in [4.78, 5) is 2.61. The van der Waals surface area contributed by atoms with Crippen LogP contribution in [0.1, 0.15) is 37.1 Å². The summed E-state index contributed by atoms with van der Waals surface area (Å²) in [6, 6.07) is 0.532. The summed E-state index contributed by atoms with van der Waals surface area (Å²) in [5, 5.41) is 7.87. The van der Waals surface area contributed by atoms with E-state index in [1.165, 1.54) is 30.6 Å². The van der Waals surface area contributed by atoms with Crippen LogP contribution in [0.3, 0.4) is 0 Å². The van der Waals surface area contributed by atoms with Gasteiger partial charge in [-0.1, -0.05) is 6.92 Å². The normalized spacial score (nSPS) is 25.6. The van der Waals surface area contributed by atoms with Crippen molar-refractivity contribution < 1.29 is 0 Å². The molecule has 0 radical (unpaired) electrons. The summed E-state index contributed by atoms with van der Waals surface area (Å²) in [6.45, 7) is 7.83. The molecule has 2 rings (SSSR count). The van der Waals surface area contributed by atoms with Gasteiger partial charge in [-0.05, 0) is 52.4 Å². The SMILES string of the molecule is CCN1CCCC(CNC)C1c1cn(C)nc1C. The van der Waals surface area contributed by atoms with Gasteiger partial charge in [0.05, 0.1) is 5.69 Å². The molecule has 1 aromatic heterocycles. The average Bonchev–Trinajstić information content (AvgIpc) is 2.68. The first-order chi connectivity index (χ1) is 8.67. The van der Waals surface area contributed by atoms with Crippen LogP contribution in [0.5, 0.6) is 0 Å². The van der Waals surface area contributed by atoms with Crippen molar-refractivity contribution in [2.45, 2.75) is 32.7 Å². The number of hydrogen-bond donors (Lipinski definition) is 1. The molecule has 1 saturated heterocycles. The fraction of sp³-hybridized carbons (Fsp3) is 0.786. The number of aromatic nitrogens is 2. The van der Waals surface area contributed by atoms with E-state index >= 15 is 0 Å². The quantitative estimate of drug-likeness (QED) is 0.883. The highest BCUT2D eigenvalue weighted by molar-refractivity contribution is 5.22. The maximum absolute atomic E-state index is 4.52. The largest absolute Gasteiger partial charge is 0.319 e. The summed E-state index contributed by atoms with van der Waals surface area (Å²) in [5.74, 6) is 0.701. The van der Waals surface area contributed by atoms with Crippen LogP contribution in [0, 0.1) is 12.8 Å². The summed E-state index contributed by atoms with van der Waals surface area (Å²) in [7, 11) is 4.07. The molecule has 0 amide bonds. The topological polar surface area (TPSA) is 33.1 Å². The van der Waals surface area contributed by atoms with Crippen molar-refractivity contribution in [3.05, 3.63) is 17.5 Å². The first kappa shape index (κ1) is 13.6. The number of nitrogens with one attached hydrogen (secondary N) is 1. The van der Waals surface area contributed by atoms with Crippen LogP contribution in [-0.4, -0.2) is 41.4 Å². The standard InChI is InChI=1S/C14H26N4/c1-5-18-8-6-7-12(9-15-3)14(18)13-10-17(4)16-11(13)2/h10,12,14-15H,5-9H2,1-4H3. The number of hydrogen-bond acceptors (Lipinski definition) is 3. The third-order valence-electron chi connectivity index (χ3n) is 4.10. The van der Waals surface area contributed by atoms with Crippen molar-refractivity contribution in [1.82, 2.24) is 20.0 Å². The molecule has 1 aliphatic rings. The van der Waals surface area contributed by atoms with Gasteiger partial charge < -0.3 is 5.32 Å². The third-order valence-corrected chi connectivity index (χ3v) is 4.10. The lowest BCUT2D eigenvalue weighted by atomic mass is 9.84. The van der Waals surface area contributed by atoms with Gasteiger partial charge in [-0.2, -0.15) is 5.10 Å². The molecule has 0 spiro atoms. The van der Waals surface area contributed by atoms with E-state index in [4.69, 9.17) is 0 Å². The minimum atomic E-state index is 0.532. The van der Waals surface area contributed by atoms with Gasteiger partial charge in [0, 0.05) is 24.8 Å². The smallest absolute Gasteiger partial charge is 0.0641 e. The first-order valence-corrected chi connectivity index (χ1v) is 7.06. The molecule has 4 nitrogen and oxygen atoms in total. The van der Waals surface area contributed by atoms with Crippen LogP contribution in [0.4, 0.5) is 0 Å². The van der Waals surface area contributed by atoms with E-state index in [-0.39, 0.29) is 0 Å². The minimum absolute atomic E-state index is 0.532. The van der Waals surface area contributed by atoms with Gasteiger partial charge in [-0.15, -0.1) is 0 Å². The Bertz CT molecular complexity index is 383. The predicted molar refractivity (Wildman–Crippen MR) is 74.6 cm³/mol. The van der Waals surface area contributed by atoms with E-state index in [0.29, 0.717) is 12.0 Å². The van der Waals surface area contributed by atoms with Gasteiger partial charge in [-0.3, -0.25) is 9.58 Å². The van der Waals surface area contributed by atoms with Gasteiger partial charge in [0.2, 0.25) is 0 Å². The number of aryl methyl sites for hydroxylation is 2. The Morgan fingerprint density at radius 2 is 2.28 bits per heavy atom. The van der Waals surface area contributed by atoms with Crippen molar-refractivity contribution in [2.75, 3.05) is 26.7 Å². The van der Waals surface area contributed by atoms with Gasteiger partial charge in [0.1, 0.15) is 0 Å². The van der Waals surface area contributed by atoms with Crippen LogP contribution >= 0.6 is 0 Å². The summed E-state index contributed by atoms with van der Waals surface area (Å²) >= 11 is 0. The zero-order valence-corrected chi connectivity index (χ0v) is 12.1. The van der Waals surface area contributed by atoms with Crippen molar-refractivity contribution in [2.24, 2.45) is 13.0 Å². The van der Waals surface area contributed by atoms with E-state index in [1.807, 2.05) is 11.7 Å². The predicted octanol–water partition coefficient (Wildman–Crippen LogP) is 1.72. The lowest BCUT2D eigenvalue weighted by Gasteiger charge is -2.41. The lowest BCUT2D eigenvalue weighted by Crippen LogP contribution is -2.42. The molecular formula is C14H26N4.